The van der Waals surface area contributed by atoms with Crippen LogP contribution in [0.2, 0.25) is 0 Å². The third kappa shape index (κ3) is 2.06. The molecule has 1 aliphatic rings. The highest BCUT2D eigenvalue weighted by atomic mass is 35.5. The zero-order chi connectivity index (χ0) is 6.85. The summed E-state index contributed by atoms with van der Waals surface area (Å²) in [5.41, 5.74) is 0. The van der Waals surface area contributed by atoms with Crippen molar-refractivity contribution in [1.82, 2.24) is 0 Å². The SMILES string of the molecule is O=C(O)C=C(Cl)C1CC1. The average molecular weight is 147 g/mol. The van der Waals surface area contributed by atoms with Crippen LogP contribution in [0.1, 0.15) is 12.8 Å². The second-order valence-electron chi connectivity index (χ2n) is 2.14. The van der Waals surface area contributed by atoms with E-state index in [2.05, 4.69) is 0 Å². The number of carboxylic acids is 1. The molecule has 0 bridgehead atoms. The Kier molecular flexibility index (Phi) is 1.76. The summed E-state index contributed by atoms with van der Waals surface area (Å²) in [6, 6.07) is 0. The Morgan fingerprint density at radius 2 is 2.22 bits per heavy atom. The van der Waals surface area contributed by atoms with Gasteiger partial charge in [-0.05, 0) is 18.8 Å². The lowest BCUT2D eigenvalue weighted by Crippen LogP contribution is -1.88. The van der Waals surface area contributed by atoms with Gasteiger partial charge >= 0.3 is 5.97 Å². The first-order valence-corrected chi connectivity index (χ1v) is 3.18. The summed E-state index contributed by atoms with van der Waals surface area (Å²) >= 11 is 5.55. The summed E-state index contributed by atoms with van der Waals surface area (Å²) < 4.78 is 0. The van der Waals surface area contributed by atoms with E-state index in [1.807, 2.05) is 0 Å². The Morgan fingerprint density at radius 1 is 1.67 bits per heavy atom. The Balaban J connectivity index is 2.47. The van der Waals surface area contributed by atoms with Gasteiger partial charge in [-0.25, -0.2) is 4.79 Å². The molecule has 1 N–H and O–H groups in total. The number of rotatable bonds is 2. The zero-order valence-electron chi connectivity index (χ0n) is 4.80. The number of carboxylic acid groups (broad SMARTS) is 1. The van der Waals surface area contributed by atoms with E-state index in [1.165, 1.54) is 0 Å². The molecule has 3 heteroatoms. The van der Waals surface area contributed by atoms with Gasteiger partial charge in [-0.1, -0.05) is 11.6 Å². The summed E-state index contributed by atoms with van der Waals surface area (Å²) in [4.78, 5) is 9.98. The van der Waals surface area contributed by atoms with E-state index in [4.69, 9.17) is 16.7 Å². The first kappa shape index (κ1) is 6.62. The molecule has 0 aliphatic heterocycles. The lowest BCUT2D eigenvalue weighted by atomic mass is 10.3. The van der Waals surface area contributed by atoms with Crippen molar-refractivity contribution in [3.05, 3.63) is 11.1 Å². The minimum Gasteiger partial charge on any atom is -0.478 e. The number of aliphatic carboxylic acids is 1. The third-order valence-electron chi connectivity index (χ3n) is 1.23. The maximum absolute atomic E-state index is 9.98. The monoisotopic (exact) mass is 146 g/mol. The highest BCUT2D eigenvalue weighted by Gasteiger charge is 2.25. The molecule has 1 fully saturated rings. The van der Waals surface area contributed by atoms with Crippen molar-refractivity contribution < 1.29 is 9.90 Å². The number of hydrogen-bond acceptors (Lipinski definition) is 1. The molecule has 0 aromatic heterocycles. The number of hydrogen-bond donors (Lipinski definition) is 1. The van der Waals surface area contributed by atoms with Crippen molar-refractivity contribution in [2.75, 3.05) is 0 Å². The average Bonchev–Trinajstić information content (AvgIpc) is 2.40. The number of carbonyl (C=O) groups is 1. The van der Waals surface area contributed by atoms with Crippen molar-refractivity contribution in [3.63, 3.8) is 0 Å². The van der Waals surface area contributed by atoms with E-state index in [0.29, 0.717) is 11.0 Å². The molecular weight excluding hydrogens is 140 g/mol. The van der Waals surface area contributed by atoms with Gasteiger partial charge in [0.1, 0.15) is 0 Å². The van der Waals surface area contributed by atoms with Gasteiger partial charge in [-0.3, -0.25) is 0 Å². The molecule has 0 aromatic rings. The van der Waals surface area contributed by atoms with E-state index in [9.17, 15) is 4.79 Å². The molecule has 0 spiro atoms. The van der Waals surface area contributed by atoms with Crippen LogP contribution in [-0.2, 0) is 4.79 Å². The quantitative estimate of drug-likeness (QED) is 0.601. The minimum absolute atomic E-state index is 0.350. The van der Waals surface area contributed by atoms with Crippen molar-refractivity contribution in [1.29, 1.82) is 0 Å². The van der Waals surface area contributed by atoms with Gasteiger partial charge in [-0.2, -0.15) is 0 Å². The van der Waals surface area contributed by atoms with E-state index in [-0.39, 0.29) is 0 Å². The van der Waals surface area contributed by atoms with Gasteiger partial charge in [0.15, 0.2) is 0 Å². The second-order valence-corrected chi connectivity index (χ2v) is 2.58. The van der Waals surface area contributed by atoms with E-state index >= 15 is 0 Å². The maximum atomic E-state index is 9.98. The van der Waals surface area contributed by atoms with Crippen LogP contribution < -0.4 is 0 Å². The molecule has 1 saturated carbocycles. The summed E-state index contributed by atoms with van der Waals surface area (Å²) in [5, 5.41) is 8.69. The van der Waals surface area contributed by atoms with Crippen LogP contribution >= 0.6 is 11.6 Å². The predicted molar refractivity (Wildman–Crippen MR) is 34.3 cm³/mol. The smallest absolute Gasteiger partial charge is 0.329 e. The maximum Gasteiger partial charge on any atom is 0.329 e. The summed E-state index contributed by atoms with van der Waals surface area (Å²) in [6.45, 7) is 0. The fourth-order valence-corrected chi connectivity index (χ4v) is 0.906. The van der Waals surface area contributed by atoms with Crippen LogP contribution in [0.4, 0.5) is 0 Å². The molecule has 0 aromatic carbocycles. The van der Waals surface area contributed by atoms with Gasteiger partial charge in [0.05, 0.1) is 0 Å². The van der Waals surface area contributed by atoms with E-state index in [0.717, 1.165) is 18.9 Å². The molecule has 0 saturated heterocycles. The van der Waals surface area contributed by atoms with Gasteiger partial charge in [0, 0.05) is 11.1 Å². The molecule has 0 radical (unpaired) electrons. The predicted octanol–water partition coefficient (Wildman–Crippen LogP) is 1.60. The van der Waals surface area contributed by atoms with Gasteiger partial charge in [0.2, 0.25) is 0 Å². The second kappa shape index (κ2) is 2.40. The lowest BCUT2D eigenvalue weighted by molar-refractivity contribution is -0.131. The number of allylic oxidation sites excluding steroid dienone is 1. The van der Waals surface area contributed by atoms with Gasteiger partial charge in [-0.15, -0.1) is 0 Å². The topological polar surface area (TPSA) is 37.3 Å². The van der Waals surface area contributed by atoms with Crippen LogP contribution in [0, 0.1) is 5.92 Å². The molecule has 0 heterocycles. The van der Waals surface area contributed by atoms with E-state index in [1.54, 1.807) is 0 Å². The molecule has 1 rings (SSSR count). The van der Waals surface area contributed by atoms with Crippen LogP contribution in [0.5, 0.6) is 0 Å². The molecular formula is C6H7ClO2. The summed E-state index contributed by atoms with van der Waals surface area (Å²) in [7, 11) is 0. The Morgan fingerprint density at radius 3 is 2.56 bits per heavy atom. The normalized spacial score (nSPS) is 19.9. The van der Waals surface area contributed by atoms with Crippen LogP contribution in [-0.4, -0.2) is 11.1 Å². The molecule has 1 aliphatic carbocycles. The summed E-state index contributed by atoms with van der Waals surface area (Å²) in [5.74, 6) is -0.602. The van der Waals surface area contributed by atoms with Gasteiger partial charge in [0.25, 0.3) is 0 Å². The summed E-state index contributed by atoms with van der Waals surface area (Å²) in [6.07, 6.45) is 3.16. The number of halogens is 1. The van der Waals surface area contributed by atoms with Gasteiger partial charge < -0.3 is 5.11 Å². The minimum atomic E-state index is -0.952. The highest BCUT2D eigenvalue weighted by molar-refractivity contribution is 6.31. The third-order valence-corrected chi connectivity index (χ3v) is 1.65. The first-order valence-electron chi connectivity index (χ1n) is 2.80. The molecule has 0 unspecified atom stereocenters. The fourth-order valence-electron chi connectivity index (χ4n) is 0.595. The van der Waals surface area contributed by atoms with Crippen LogP contribution in [0.3, 0.4) is 0 Å². The zero-order valence-corrected chi connectivity index (χ0v) is 5.56. The molecule has 9 heavy (non-hydrogen) atoms. The molecule has 0 atom stereocenters. The Labute approximate surface area is 58.1 Å². The van der Waals surface area contributed by atoms with Crippen molar-refractivity contribution >= 4 is 17.6 Å². The lowest BCUT2D eigenvalue weighted by Gasteiger charge is -1.87. The van der Waals surface area contributed by atoms with Crippen LogP contribution in [0.25, 0.3) is 0 Å². The van der Waals surface area contributed by atoms with Crippen molar-refractivity contribution in [2.24, 2.45) is 5.92 Å². The Bertz CT molecular complexity index is 158. The van der Waals surface area contributed by atoms with E-state index < -0.39 is 5.97 Å². The molecule has 50 valence electrons. The van der Waals surface area contributed by atoms with Crippen molar-refractivity contribution in [3.8, 4) is 0 Å². The van der Waals surface area contributed by atoms with Crippen molar-refractivity contribution in [2.45, 2.75) is 12.8 Å². The standard InChI is InChI=1S/C6H7ClO2/c7-5(3-6(8)9)4-1-2-4/h3-4H,1-2H2,(H,8,9). The molecule has 2 nitrogen and oxygen atoms in total. The fraction of sp³-hybridized carbons (Fsp3) is 0.500. The molecule has 0 amide bonds. The highest BCUT2D eigenvalue weighted by Crippen LogP contribution is 2.38. The Hall–Kier alpha value is -0.500. The first-order chi connectivity index (χ1) is 4.20. The largest absolute Gasteiger partial charge is 0.478 e. The van der Waals surface area contributed by atoms with Crippen LogP contribution in [0.15, 0.2) is 11.1 Å².